The second-order valence-electron chi connectivity index (χ2n) is 0.991. The second-order valence-corrected chi connectivity index (χ2v) is 1.71. The predicted molar refractivity (Wildman–Crippen MR) is 33.0 cm³/mol. The van der Waals surface area contributed by atoms with Gasteiger partial charge in [-0.25, -0.2) is 0 Å². The zero-order valence-electron chi connectivity index (χ0n) is 3.66. The van der Waals surface area contributed by atoms with Crippen molar-refractivity contribution in [3.63, 3.8) is 0 Å². The molecule has 1 radical (unpaired) electrons. The minimum absolute atomic E-state index is 1.53. The van der Waals surface area contributed by atoms with Gasteiger partial charge in [-0.3, -0.25) is 4.99 Å². The number of hydrogen-bond acceptors (Lipinski definition) is 2. The summed E-state index contributed by atoms with van der Waals surface area (Å²) in [5.41, 5.74) is 1.76. The number of nitrogens with zero attached hydrogens (tertiary/aromatic N) is 1. The highest BCUT2D eigenvalue weighted by atomic mass is 32.2. The molecule has 0 aromatic heterocycles. The van der Waals surface area contributed by atoms with Crippen molar-refractivity contribution in [1.29, 1.82) is 0 Å². The summed E-state index contributed by atoms with van der Waals surface area (Å²) in [5.74, 6) is 0. The molecule has 0 spiro atoms. The molecule has 35 valence electrons. The smallest absolute Gasteiger partial charge is 0.0638 e. The van der Waals surface area contributed by atoms with Crippen LogP contribution in [0.3, 0.4) is 0 Å². The molecule has 0 bridgehead atoms. The number of hydrogen-bond donors (Lipinski definition) is 0. The highest BCUT2D eigenvalue weighted by Gasteiger charge is 1.72. The lowest BCUT2D eigenvalue weighted by molar-refractivity contribution is 1.61. The van der Waals surface area contributed by atoms with Crippen molar-refractivity contribution in [2.24, 2.45) is 4.99 Å². The van der Waals surface area contributed by atoms with Gasteiger partial charge in [0.2, 0.25) is 0 Å². The molecule has 1 nitrogen and oxygen atoms in total. The lowest BCUT2D eigenvalue weighted by Gasteiger charge is -1.68. The molecule has 0 fully saturated rings. The van der Waals surface area contributed by atoms with Crippen molar-refractivity contribution in [2.45, 2.75) is 0 Å². The first-order chi connectivity index (χ1) is 3.50. The first-order valence-corrected chi connectivity index (χ1v) is 2.84. The molecule has 0 aromatic carbocycles. The zero-order chi connectivity index (χ0) is 4.95. The van der Waals surface area contributed by atoms with E-state index in [1.807, 2.05) is 5.41 Å². The molecule has 1 aliphatic heterocycles. The van der Waals surface area contributed by atoms with Crippen LogP contribution in [0.15, 0.2) is 22.7 Å². The minimum Gasteiger partial charge on any atom is -0.258 e. The maximum Gasteiger partial charge on any atom is 0.0638 e. The molecule has 2 heteroatoms. The summed E-state index contributed by atoms with van der Waals surface area (Å²) in [7, 11) is 0. The third-order valence-corrected chi connectivity index (χ3v) is 1.03. The summed E-state index contributed by atoms with van der Waals surface area (Å²) >= 11 is 1.53. The van der Waals surface area contributed by atoms with Crippen molar-refractivity contribution in [1.82, 2.24) is 0 Å². The van der Waals surface area contributed by atoms with Gasteiger partial charge < -0.3 is 0 Å². The molecule has 0 N–H and O–H groups in total. The normalized spacial score (nSPS) is 17.1. The van der Waals surface area contributed by atoms with Gasteiger partial charge in [-0.15, -0.1) is 0 Å². The molecule has 0 aliphatic carbocycles. The maximum absolute atomic E-state index is 3.83. The Balaban J connectivity index is 2.60. The van der Waals surface area contributed by atoms with Crippen molar-refractivity contribution < 1.29 is 0 Å². The van der Waals surface area contributed by atoms with Crippen LogP contribution in [-0.4, -0.2) is 5.55 Å². The third kappa shape index (κ3) is 1.59. The Labute approximate surface area is 46.8 Å². The summed E-state index contributed by atoms with van der Waals surface area (Å²) in [6, 6.07) is 0. The molecule has 1 heterocycles. The summed E-state index contributed by atoms with van der Waals surface area (Å²) in [6.07, 6.45) is 6.36. The van der Waals surface area contributed by atoms with E-state index in [0.717, 1.165) is 0 Å². The third-order valence-electron chi connectivity index (χ3n) is 0.515. The number of rotatable bonds is 0. The zero-order valence-corrected chi connectivity index (χ0v) is 4.48. The van der Waals surface area contributed by atoms with Crippen LogP contribution in [0.2, 0.25) is 0 Å². The van der Waals surface area contributed by atoms with E-state index >= 15 is 0 Å². The molecule has 1 aliphatic rings. The molecule has 0 atom stereocenters. The molecular weight excluding hydrogens is 106 g/mol. The fraction of sp³-hybridized carbons (Fsp3) is 0. The van der Waals surface area contributed by atoms with Crippen molar-refractivity contribution in [2.75, 3.05) is 0 Å². The van der Waals surface area contributed by atoms with Crippen LogP contribution in [0, 0.1) is 6.08 Å². The van der Waals surface area contributed by atoms with E-state index in [2.05, 4.69) is 11.1 Å². The van der Waals surface area contributed by atoms with E-state index in [-0.39, 0.29) is 0 Å². The quantitative estimate of drug-likeness (QED) is 0.461. The lowest BCUT2D eigenvalue weighted by Crippen LogP contribution is -1.48. The van der Waals surface area contributed by atoms with Gasteiger partial charge >= 0.3 is 0 Å². The Morgan fingerprint density at radius 3 is 3.57 bits per heavy atom. The monoisotopic (exact) mass is 110 g/mol. The Morgan fingerprint density at radius 2 is 2.57 bits per heavy atom. The molecule has 0 aromatic rings. The maximum atomic E-state index is 3.83. The second kappa shape index (κ2) is 2.64. The Kier molecular flexibility index (Phi) is 1.75. The Hall–Kier alpha value is -0.500. The molecular formula is C5H4NS. The fourth-order valence-corrected chi connectivity index (χ4v) is 0.624. The molecule has 0 saturated heterocycles. The topological polar surface area (TPSA) is 12.4 Å². The molecule has 0 amide bonds. The molecule has 7 heavy (non-hydrogen) atoms. The molecule has 0 saturated carbocycles. The van der Waals surface area contributed by atoms with Crippen LogP contribution in [0.1, 0.15) is 0 Å². The molecule has 1 rings (SSSR count). The SMILES string of the molecule is [C]1=CSC=NC=C1. The first-order valence-electron chi connectivity index (χ1n) is 1.90. The van der Waals surface area contributed by atoms with Crippen molar-refractivity contribution >= 4 is 17.3 Å². The van der Waals surface area contributed by atoms with Crippen molar-refractivity contribution in [3.8, 4) is 0 Å². The van der Waals surface area contributed by atoms with Gasteiger partial charge in [-0.2, -0.15) is 0 Å². The molecule has 0 unspecified atom stereocenters. The summed E-state index contributed by atoms with van der Waals surface area (Å²) < 4.78 is 0. The highest BCUT2D eigenvalue weighted by molar-refractivity contribution is 8.14. The van der Waals surface area contributed by atoms with Crippen LogP contribution in [0.25, 0.3) is 0 Å². The summed E-state index contributed by atoms with van der Waals surface area (Å²) in [6.45, 7) is 0. The van der Waals surface area contributed by atoms with E-state index in [1.54, 1.807) is 17.8 Å². The average molecular weight is 110 g/mol. The van der Waals surface area contributed by atoms with Crippen LogP contribution < -0.4 is 0 Å². The fourth-order valence-electron chi connectivity index (χ4n) is 0.265. The van der Waals surface area contributed by atoms with Gasteiger partial charge in [0.1, 0.15) is 0 Å². The van der Waals surface area contributed by atoms with Gasteiger partial charge in [-0.1, -0.05) is 11.8 Å². The van der Waals surface area contributed by atoms with E-state index in [9.17, 15) is 0 Å². The van der Waals surface area contributed by atoms with E-state index in [0.29, 0.717) is 0 Å². The van der Waals surface area contributed by atoms with Gasteiger partial charge in [0.15, 0.2) is 0 Å². The van der Waals surface area contributed by atoms with Gasteiger partial charge in [0.05, 0.1) is 5.55 Å². The summed E-state index contributed by atoms with van der Waals surface area (Å²) in [5, 5.41) is 1.85. The van der Waals surface area contributed by atoms with Crippen LogP contribution in [0.5, 0.6) is 0 Å². The van der Waals surface area contributed by atoms with Crippen LogP contribution >= 0.6 is 11.8 Å². The van der Waals surface area contributed by atoms with E-state index in [4.69, 9.17) is 0 Å². The van der Waals surface area contributed by atoms with Crippen molar-refractivity contribution in [3.05, 3.63) is 23.8 Å². The first kappa shape index (κ1) is 4.65. The number of thioether (sulfide) groups is 1. The van der Waals surface area contributed by atoms with Gasteiger partial charge in [-0.05, 0) is 17.6 Å². The Morgan fingerprint density at radius 1 is 1.57 bits per heavy atom. The number of aliphatic imine (C=N–C) groups is 1. The van der Waals surface area contributed by atoms with Crippen LogP contribution in [0.4, 0.5) is 0 Å². The largest absolute Gasteiger partial charge is 0.258 e. The highest BCUT2D eigenvalue weighted by Crippen LogP contribution is 1.99. The predicted octanol–water partition coefficient (Wildman–Crippen LogP) is 1.59. The standard InChI is InChI=1S/C5H4NS/c1-2-4-7-5-6-3-1/h1,3-5H. The lowest BCUT2D eigenvalue weighted by atomic mass is 10.6. The summed E-state index contributed by atoms with van der Waals surface area (Å²) in [4.78, 5) is 3.83. The van der Waals surface area contributed by atoms with Gasteiger partial charge in [0, 0.05) is 6.20 Å². The van der Waals surface area contributed by atoms with Crippen LogP contribution in [-0.2, 0) is 0 Å². The number of allylic oxidation sites excluding steroid dienone is 2. The average Bonchev–Trinajstić information content (AvgIpc) is 1.90. The Bertz CT molecular complexity index is 110. The van der Waals surface area contributed by atoms with E-state index in [1.165, 1.54) is 11.8 Å². The van der Waals surface area contributed by atoms with E-state index < -0.39 is 0 Å². The minimum atomic E-state index is 1.53. The van der Waals surface area contributed by atoms with Gasteiger partial charge in [0.25, 0.3) is 0 Å².